The van der Waals surface area contributed by atoms with Crippen LogP contribution in [-0.2, 0) is 59.6 Å². The number of carbonyl (C=O) groups excluding carboxylic acids is 4. The molecule has 5 rings (SSSR count). The lowest BCUT2D eigenvalue weighted by Gasteiger charge is -2.56. The van der Waals surface area contributed by atoms with Crippen molar-refractivity contribution in [3.63, 3.8) is 0 Å². The first-order valence-electron chi connectivity index (χ1n) is 13.5. The Bertz CT molecular complexity index is 1520. The van der Waals surface area contributed by atoms with Crippen molar-refractivity contribution in [2.45, 2.75) is 75.0 Å². The fourth-order valence-electron chi connectivity index (χ4n) is 6.54. The number of carboxylic acids is 2. The molecule has 1 spiro atoms. The number of aliphatic hydroxyl groups is 1. The van der Waals surface area contributed by atoms with Crippen molar-refractivity contribution in [3.05, 3.63) is 47.2 Å². The third kappa shape index (κ3) is 4.82. The zero-order valence-electron chi connectivity index (χ0n) is 23.4. The monoisotopic (exact) mass is 616 g/mol. The molecule has 15 heteroatoms. The summed E-state index contributed by atoms with van der Waals surface area (Å²) in [5.41, 5.74) is -1.30. The lowest BCUT2D eigenvalue weighted by atomic mass is 9.49. The van der Waals surface area contributed by atoms with E-state index in [1.54, 1.807) is 12.1 Å². The van der Waals surface area contributed by atoms with Gasteiger partial charge in [-0.25, -0.2) is 14.4 Å². The summed E-state index contributed by atoms with van der Waals surface area (Å²) in [4.78, 5) is 72.9. The van der Waals surface area contributed by atoms with E-state index in [0.29, 0.717) is 18.4 Å². The minimum atomic E-state index is -2.40. The fourth-order valence-corrected chi connectivity index (χ4v) is 6.54. The SMILES string of the molecule is CC(=O)O[C@@H](C(=O)OC1=CC[C@@]2(O)[C@@H]3CC=C[C@@]24c2c(ccc(O)c2O[C@@H]14)C3)[C@@H](OC(C)=O)C(=O)O[C@@H](CC(=O)O)C(=O)O. The van der Waals surface area contributed by atoms with Crippen LogP contribution < -0.4 is 4.74 Å². The molecular weight excluding hydrogens is 588 g/mol. The van der Waals surface area contributed by atoms with Crippen molar-refractivity contribution < 1.29 is 72.9 Å². The average Bonchev–Trinajstić information content (AvgIpc) is 3.28. The Morgan fingerprint density at radius 1 is 1.00 bits per heavy atom. The van der Waals surface area contributed by atoms with Crippen LogP contribution >= 0.6 is 0 Å². The molecule has 1 aliphatic heterocycles. The summed E-state index contributed by atoms with van der Waals surface area (Å²) in [5.74, 6) is -9.46. The minimum absolute atomic E-state index is 0.0118. The normalized spacial score (nSPS) is 27.3. The number of ether oxygens (including phenoxy) is 5. The van der Waals surface area contributed by atoms with Gasteiger partial charge in [-0.2, -0.15) is 0 Å². The largest absolute Gasteiger partial charge is 0.504 e. The molecule has 0 saturated carbocycles. The maximum Gasteiger partial charge on any atom is 0.357 e. The molecule has 3 aliphatic carbocycles. The lowest BCUT2D eigenvalue weighted by Crippen LogP contribution is -2.66. The van der Waals surface area contributed by atoms with Crippen molar-refractivity contribution in [2.75, 3.05) is 0 Å². The summed E-state index contributed by atoms with van der Waals surface area (Å²) < 4.78 is 26.3. The Hall–Kier alpha value is -4.92. The van der Waals surface area contributed by atoms with Gasteiger partial charge in [-0.05, 0) is 42.9 Å². The van der Waals surface area contributed by atoms with E-state index in [-0.39, 0.29) is 29.6 Å². The number of carboxylic acid groups (broad SMARTS) is 2. The standard InChI is InChI=1S/C29H28O15/c1-12(30)40-22(23(41-13(2)31)27(38)43-18(25(35)36)11-19(33)34)26(37)42-17-7-9-29(39)15-4-3-8-28(29)20-14(10-15)5-6-16(32)21(20)44-24(17)28/h3,5-8,15,18,22-24,32,39H,4,9-11H2,1-2H3,(H,33,34)(H,35,36)/t15-,18+,22-,23-,24+,28+,29-/m1/s1. The Kier molecular flexibility index (Phi) is 7.61. The smallest absolute Gasteiger partial charge is 0.357 e. The van der Waals surface area contributed by atoms with Crippen molar-refractivity contribution in [1.82, 2.24) is 0 Å². The maximum atomic E-state index is 13.6. The second-order valence-electron chi connectivity index (χ2n) is 10.9. The second kappa shape index (κ2) is 11.0. The molecule has 7 atom stereocenters. The van der Waals surface area contributed by atoms with Crippen LogP contribution in [0.5, 0.6) is 11.5 Å². The number of aliphatic carboxylic acids is 2. The van der Waals surface area contributed by atoms with E-state index in [9.17, 15) is 44.1 Å². The van der Waals surface area contributed by atoms with Gasteiger partial charge in [0, 0.05) is 19.4 Å². The first kappa shape index (κ1) is 30.5. The zero-order valence-corrected chi connectivity index (χ0v) is 23.4. The van der Waals surface area contributed by atoms with E-state index in [4.69, 9.17) is 28.8 Å². The summed E-state index contributed by atoms with van der Waals surface area (Å²) in [5, 5.41) is 40.9. The van der Waals surface area contributed by atoms with E-state index >= 15 is 0 Å². The molecule has 0 unspecified atom stereocenters. The number of phenolic OH excluding ortho intramolecular Hbond substituents is 1. The molecule has 44 heavy (non-hydrogen) atoms. The predicted molar refractivity (Wildman–Crippen MR) is 140 cm³/mol. The van der Waals surface area contributed by atoms with Crippen LogP contribution in [0.2, 0.25) is 0 Å². The second-order valence-corrected chi connectivity index (χ2v) is 10.9. The van der Waals surface area contributed by atoms with Gasteiger partial charge in [0.2, 0.25) is 18.3 Å². The summed E-state index contributed by atoms with van der Waals surface area (Å²) in [6, 6.07) is 3.19. The molecule has 1 aromatic carbocycles. The minimum Gasteiger partial charge on any atom is -0.504 e. The number of aromatic hydroxyl groups is 1. The first-order valence-corrected chi connectivity index (χ1v) is 13.5. The summed E-state index contributed by atoms with van der Waals surface area (Å²) >= 11 is 0. The highest BCUT2D eigenvalue weighted by atomic mass is 16.6. The van der Waals surface area contributed by atoms with Gasteiger partial charge in [0.1, 0.15) is 5.76 Å². The molecule has 15 nitrogen and oxygen atoms in total. The number of hydrogen-bond donors (Lipinski definition) is 4. The number of phenols is 1. The van der Waals surface area contributed by atoms with Gasteiger partial charge in [0.05, 0.1) is 17.4 Å². The Morgan fingerprint density at radius 3 is 2.27 bits per heavy atom. The fraction of sp³-hybridized carbons (Fsp3) is 0.448. The molecule has 0 aromatic heterocycles. The number of allylic oxidation sites excluding steroid dienone is 1. The third-order valence-electron chi connectivity index (χ3n) is 8.26. The van der Waals surface area contributed by atoms with E-state index in [0.717, 1.165) is 19.4 Å². The highest BCUT2D eigenvalue weighted by Gasteiger charge is 2.70. The van der Waals surface area contributed by atoms with Gasteiger partial charge < -0.3 is 44.1 Å². The topological polar surface area (TPSA) is 229 Å². The molecular formula is C29H28O15. The van der Waals surface area contributed by atoms with Crippen molar-refractivity contribution in [1.29, 1.82) is 0 Å². The molecule has 0 fully saturated rings. The van der Waals surface area contributed by atoms with Gasteiger partial charge in [-0.3, -0.25) is 14.4 Å². The van der Waals surface area contributed by atoms with Gasteiger partial charge in [-0.15, -0.1) is 0 Å². The molecule has 0 saturated heterocycles. The highest BCUT2D eigenvalue weighted by Crippen LogP contribution is 2.65. The van der Waals surface area contributed by atoms with E-state index in [2.05, 4.69) is 0 Å². The van der Waals surface area contributed by atoms with Crippen LogP contribution in [0.15, 0.2) is 36.1 Å². The van der Waals surface area contributed by atoms with Crippen LogP contribution in [0.4, 0.5) is 0 Å². The van der Waals surface area contributed by atoms with Crippen LogP contribution in [0.1, 0.15) is 44.2 Å². The molecule has 1 aromatic rings. The Morgan fingerprint density at radius 2 is 1.66 bits per heavy atom. The van der Waals surface area contributed by atoms with Crippen LogP contribution in [-0.4, -0.2) is 86.3 Å². The number of esters is 4. The van der Waals surface area contributed by atoms with Crippen molar-refractivity contribution in [3.8, 4) is 11.5 Å². The predicted octanol–water partition coefficient (Wildman–Crippen LogP) is 0.420. The number of benzene rings is 1. The molecule has 2 bridgehead atoms. The summed E-state index contributed by atoms with van der Waals surface area (Å²) in [6.07, 6.45) is -3.27. The van der Waals surface area contributed by atoms with E-state index < -0.39 is 77.7 Å². The Balaban J connectivity index is 1.49. The van der Waals surface area contributed by atoms with E-state index in [1.165, 1.54) is 12.1 Å². The van der Waals surface area contributed by atoms with Gasteiger partial charge >= 0.3 is 35.8 Å². The van der Waals surface area contributed by atoms with Gasteiger partial charge in [0.15, 0.2) is 17.6 Å². The molecule has 0 radical (unpaired) electrons. The van der Waals surface area contributed by atoms with Crippen LogP contribution in [0, 0.1) is 5.92 Å². The molecule has 4 N–H and O–H groups in total. The van der Waals surface area contributed by atoms with Crippen LogP contribution in [0.25, 0.3) is 0 Å². The average molecular weight is 617 g/mol. The quantitative estimate of drug-likeness (QED) is 0.159. The summed E-state index contributed by atoms with van der Waals surface area (Å²) in [6.45, 7) is 1.71. The number of hydrogen-bond acceptors (Lipinski definition) is 13. The molecule has 1 heterocycles. The van der Waals surface area contributed by atoms with Crippen molar-refractivity contribution >= 4 is 35.8 Å². The molecule has 0 amide bonds. The van der Waals surface area contributed by atoms with Crippen molar-refractivity contribution in [2.24, 2.45) is 5.92 Å². The van der Waals surface area contributed by atoms with E-state index in [1.807, 2.05) is 6.08 Å². The highest BCUT2D eigenvalue weighted by molar-refractivity contribution is 5.91. The molecule has 234 valence electrons. The number of rotatable bonds is 10. The summed E-state index contributed by atoms with van der Waals surface area (Å²) in [7, 11) is 0. The third-order valence-corrected chi connectivity index (χ3v) is 8.26. The Labute approximate surface area is 248 Å². The number of carbonyl (C=O) groups is 6. The van der Waals surface area contributed by atoms with Crippen LogP contribution in [0.3, 0.4) is 0 Å². The molecule has 4 aliphatic rings. The maximum absolute atomic E-state index is 13.6. The van der Waals surface area contributed by atoms with Gasteiger partial charge in [-0.1, -0.05) is 18.2 Å². The lowest BCUT2D eigenvalue weighted by molar-refractivity contribution is -0.194. The first-order chi connectivity index (χ1) is 20.7. The van der Waals surface area contributed by atoms with Gasteiger partial charge in [0.25, 0.3) is 0 Å². The zero-order chi connectivity index (χ0) is 32.1.